The smallest absolute Gasteiger partial charge is 0.354 e. The van der Waals surface area contributed by atoms with Crippen LogP contribution in [0.4, 0.5) is 0 Å². The molecule has 0 unspecified atom stereocenters. The van der Waals surface area contributed by atoms with Crippen molar-refractivity contribution in [2.45, 2.75) is 45.2 Å². The summed E-state index contributed by atoms with van der Waals surface area (Å²) in [4.78, 5) is 88.3. The summed E-state index contributed by atoms with van der Waals surface area (Å²) in [6.45, 7) is 8.71. The van der Waals surface area contributed by atoms with Crippen molar-refractivity contribution >= 4 is 41.4 Å². The van der Waals surface area contributed by atoms with Crippen LogP contribution in [0.15, 0.2) is 12.2 Å². The highest BCUT2D eigenvalue weighted by Gasteiger charge is 2.34. The standard InChI is InChI=1S/C33H52N4O16/c1-25(32(43)35-26(2)33(44)53-37-30(41)5-6-31(37)42)34-27(38)7-9-45-11-13-47-15-17-49-19-21-51-23-24-52-22-20-50-18-16-48-14-12-46-10-8-36-28(39)3-4-29(36)40/h3-4,25-26H,5-24H2,1-2H3,(H,34,38)(H,35,43)/t25-,26-/m0/s1. The highest BCUT2D eigenvalue weighted by atomic mass is 16.7. The maximum absolute atomic E-state index is 12.3. The van der Waals surface area contributed by atoms with Gasteiger partial charge in [-0.25, -0.2) is 4.79 Å². The van der Waals surface area contributed by atoms with Crippen LogP contribution in [0.1, 0.15) is 33.1 Å². The lowest BCUT2D eigenvalue weighted by Gasteiger charge is -2.19. The third-order valence-corrected chi connectivity index (χ3v) is 7.11. The SMILES string of the molecule is C[C@H](NC(=O)CCOCCOCCOCCOCCOCCOCCOCCOCCN1C(=O)C=CC1=O)C(=O)N[C@@H](C)C(=O)ON1C(=O)CCC1=O. The van der Waals surface area contributed by atoms with E-state index in [-0.39, 0.29) is 57.4 Å². The molecule has 0 aromatic carbocycles. The van der Waals surface area contributed by atoms with Crippen molar-refractivity contribution in [1.82, 2.24) is 20.6 Å². The van der Waals surface area contributed by atoms with Crippen molar-refractivity contribution in [3.8, 4) is 0 Å². The van der Waals surface area contributed by atoms with Gasteiger partial charge in [-0.05, 0) is 13.8 Å². The fourth-order valence-electron chi connectivity index (χ4n) is 4.22. The summed E-state index contributed by atoms with van der Waals surface area (Å²) >= 11 is 0. The summed E-state index contributed by atoms with van der Waals surface area (Å²) in [5.41, 5.74) is 0. The zero-order chi connectivity index (χ0) is 38.7. The first-order valence-corrected chi connectivity index (χ1v) is 17.4. The lowest BCUT2D eigenvalue weighted by molar-refractivity contribution is -0.198. The van der Waals surface area contributed by atoms with Crippen LogP contribution < -0.4 is 10.6 Å². The summed E-state index contributed by atoms with van der Waals surface area (Å²) in [5, 5.41) is 5.25. The number of nitrogens with zero attached hydrogens (tertiary/aromatic N) is 2. The van der Waals surface area contributed by atoms with E-state index in [1.54, 1.807) is 0 Å². The highest BCUT2D eigenvalue weighted by molar-refractivity contribution is 6.12. The van der Waals surface area contributed by atoms with E-state index in [2.05, 4.69) is 10.6 Å². The Hall–Kier alpha value is -3.89. The lowest BCUT2D eigenvalue weighted by Crippen LogP contribution is -2.50. The molecule has 0 spiro atoms. The molecule has 20 nitrogen and oxygen atoms in total. The van der Waals surface area contributed by atoms with Crippen molar-refractivity contribution in [3.63, 3.8) is 0 Å². The number of rotatable bonds is 32. The van der Waals surface area contributed by atoms with Crippen LogP contribution in [0.3, 0.4) is 0 Å². The van der Waals surface area contributed by atoms with Gasteiger partial charge in [0.2, 0.25) is 11.8 Å². The number of carbonyl (C=O) groups is 7. The summed E-state index contributed by atoms with van der Waals surface area (Å²) < 4.78 is 43.3. The molecule has 2 atom stereocenters. The third-order valence-electron chi connectivity index (χ3n) is 7.11. The molecule has 2 heterocycles. The van der Waals surface area contributed by atoms with Crippen molar-refractivity contribution < 1.29 is 76.3 Å². The van der Waals surface area contributed by atoms with E-state index >= 15 is 0 Å². The van der Waals surface area contributed by atoms with Gasteiger partial charge in [0.05, 0.1) is 112 Å². The molecule has 2 aliphatic heterocycles. The molecule has 20 heteroatoms. The Morgan fingerprint density at radius 3 is 1.36 bits per heavy atom. The van der Waals surface area contributed by atoms with Gasteiger partial charge in [-0.1, -0.05) is 0 Å². The minimum atomic E-state index is -1.16. The zero-order valence-corrected chi connectivity index (χ0v) is 30.4. The highest BCUT2D eigenvalue weighted by Crippen LogP contribution is 2.12. The summed E-state index contributed by atoms with van der Waals surface area (Å²) in [5.74, 6) is -3.98. The molecule has 300 valence electrons. The van der Waals surface area contributed by atoms with E-state index < -0.39 is 41.7 Å². The maximum atomic E-state index is 12.3. The Morgan fingerprint density at radius 1 is 0.566 bits per heavy atom. The number of hydrogen-bond acceptors (Lipinski definition) is 16. The predicted octanol–water partition coefficient (Wildman–Crippen LogP) is -1.95. The Bertz CT molecular complexity index is 1170. The van der Waals surface area contributed by atoms with Gasteiger partial charge in [-0.3, -0.25) is 33.7 Å². The summed E-state index contributed by atoms with van der Waals surface area (Å²) in [6, 6.07) is -2.12. The average molecular weight is 761 g/mol. The molecule has 0 aromatic heterocycles. The number of hydroxylamine groups is 2. The van der Waals surface area contributed by atoms with Gasteiger partial charge in [-0.2, -0.15) is 0 Å². The Kier molecular flexibility index (Phi) is 23.6. The zero-order valence-electron chi connectivity index (χ0n) is 30.4. The van der Waals surface area contributed by atoms with Gasteiger partial charge < -0.3 is 53.4 Å². The summed E-state index contributed by atoms with van der Waals surface area (Å²) in [7, 11) is 0. The van der Waals surface area contributed by atoms with E-state index in [9.17, 15) is 33.6 Å². The van der Waals surface area contributed by atoms with E-state index in [0.717, 1.165) is 4.90 Å². The molecule has 53 heavy (non-hydrogen) atoms. The minimum absolute atomic E-state index is 0.000747. The number of ether oxygens (including phenoxy) is 8. The molecular weight excluding hydrogens is 708 g/mol. The van der Waals surface area contributed by atoms with Gasteiger partial charge in [0.25, 0.3) is 23.6 Å². The molecule has 2 N–H and O–H groups in total. The summed E-state index contributed by atoms with van der Waals surface area (Å²) in [6.07, 6.45) is 2.38. The second-order valence-electron chi connectivity index (χ2n) is 11.3. The minimum Gasteiger partial charge on any atom is -0.379 e. The van der Waals surface area contributed by atoms with Crippen LogP contribution in [-0.2, 0) is 76.3 Å². The Labute approximate surface area is 307 Å². The molecule has 1 saturated heterocycles. The van der Waals surface area contributed by atoms with Crippen LogP contribution >= 0.6 is 0 Å². The van der Waals surface area contributed by atoms with Gasteiger partial charge in [0, 0.05) is 31.4 Å². The monoisotopic (exact) mass is 760 g/mol. The van der Waals surface area contributed by atoms with E-state index in [1.807, 2.05) is 0 Å². The number of hydrogen-bond donors (Lipinski definition) is 2. The van der Waals surface area contributed by atoms with E-state index in [4.69, 9.17) is 42.7 Å². The molecule has 0 radical (unpaired) electrons. The molecule has 1 fully saturated rings. The van der Waals surface area contributed by atoms with Crippen LogP contribution in [0.25, 0.3) is 0 Å². The second kappa shape index (κ2) is 27.7. The van der Waals surface area contributed by atoms with Crippen molar-refractivity contribution in [2.75, 3.05) is 112 Å². The molecule has 0 bridgehead atoms. The van der Waals surface area contributed by atoms with Crippen molar-refractivity contribution in [1.29, 1.82) is 0 Å². The topological polar surface area (TPSA) is 233 Å². The lowest BCUT2D eigenvalue weighted by atomic mass is 10.2. The Morgan fingerprint density at radius 2 is 0.943 bits per heavy atom. The third kappa shape index (κ3) is 20.2. The molecule has 0 saturated carbocycles. The quantitative estimate of drug-likeness (QED) is 0.0560. The molecular formula is C33H52N4O16. The number of imide groups is 2. The number of nitrogens with one attached hydrogen (secondary N) is 2. The second-order valence-corrected chi connectivity index (χ2v) is 11.3. The van der Waals surface area contributed by atoms with Crippen LogP contribution in [0.5, 0.6) is 0 Å². The molecule has 6 amide bonds. The van der Waals surface area contributed by atoms with Crippen LogP contribution in [0.2, 0.25) is 0 Å². The first-order chi connectivity index (χ1) is 25.6. The van der Waals surface area contributed by atoms with Crippen molar-refractivity contribution in [3.05, 3.63) is 12.2 Å². The van der Waals surface area contributed by atoms with Gasteiger partial charge in [0.15, 0.2) is 0 Å². The molecule has 2 rings (SSSR count). The molecule has 2 aliphatic rings. The largest absolute Gasteiger partial charge is 0.379 e. The fourth-order valence-corrected chi connectivity index (χ4v) is 4.22. The van der Waals surface area contributed by atoms with Gasteiger partial charge >= 0.3 is 5.97 Å². The van der Waals surface area contributed by atoms with E-state index in [1.165, 1.54) is 26.0 Å². The van der Waals surface area contributed by atoms with Crippen LogP contribution in [-0.4, -0.2) is 176 Å². The fraction of sp³-hybridized carbons (Fsp3) is 0.727. The van der Waals surface area contributed by atoms with Crippen LogP contribution in [0, 0.1) is 0 Å². The van der Waals surface area contributed by atoms with E-state index in [0.29, 0.717) is 91.0 Å². The number of carbonyl (C=O) groups excluding carboxylic acids is 7. The molecule has 0 aliphatic carbocycles. The van der Waals surface area contributed by atoms with Gasteiger partial charge in [-0.15, -0.1) is 5.06 Å². The normalized spacial score (nSPS) is 15.4. The predicted molar refractivity (Wildman–Crippen MR) is 179 cm³/mol. The van der Waals surface area contributed by atoms with Gasteiger partial charge in [0.1, 0.15) is 12.1 Å². The first-order valence-electron chi connectivity index (χ1n) is 17.4. The Balaban J connectivity index is 1.26. The van der Waals surface area contributed by atoms with Crippen molar-refractivity contribution in [2.24, 2.45) is 0 Å². The number of amides is 6. The molecule has 0 aromatic rings. The maximum Gasteiger partial charge on any atom is 0.354 e. The first kappa shape index (κ1) is 45.3. The average Bonchev–Trinajstić information content (AvgIpc) is 3.63.